The summed E-state index contributed by atoms with van der Waals surface area (Å²) in [5, 5.41) is 0. The molecule has 1 atom stereocenters. The Morgan fingerprint density at radius 2 is 2.14 bits per heavy atom. The van der Waals surface area contributed by atoms with Crippen molar-refractivity contribution in [1.82, 2.24) is 0 Å². The van der Waals surface area contributed by atoms with Gasteiger partial charge < -0.3 is 0 Å². The van der Waals surface area contributed by atoms with Crippen molar-refractivity contribution >= 4 is 7.28 Å². The second kappa shape index (κ2) is 4.23. The third-order valence-corrected chi connectivity index (χ3v) is 1.33. The first kappa shape index (κ1) is 7.06. The van der Waals surface area contributed by atoms with Crippen LogP contribution in [0.4, 0.5) is 0 Å². The van der Waals surface area contributed by atoms with Crippen molar-refractivity contribution in [1.29, 1.82) is 0 Å². The maximum absolute atomic E-state index is 2.28. The molecule has 1 radical (unpaired) electrons. The topological polar surface area (TPSA) is 0 Å². The standard InChI is InChI=1S/C6H14B/c1-4-6(2)5-7-3/h6H,4-5H2,1-3H3. The monoisotopic (exact) mass is 97.1 g/mol. The maximum atomic E-state index is 2.28. The molecule has 0 nitrogen and oxygen atoms in total. The lowest BCUT2D eigenvalue weighted by atomic mass is 9.72. The molecule has 0 amide bonds. The Kier molecular flexibility index (Phi) is 4.27. The predicted molar refractivity (Wildman–Crippen MR) is 35.9 cm³/mol. The Bertz CT molecular complexity index is 35.2. The van der Waals surface area contributed by atoms with Crippen LogP contribution in [0.2, 0.25) is 13.1 Å². The second-order valence-corrected chi connectivity index (χ2v) is 2.16. The van der Waals surface area contributed by atoms with Gasteiger partial charge in [-0.25, -0.2) is 0 Å². The fourth-order valence-corrected chi connectivity index (χ4v) is 0.569. The summed E-state index contributed by atoms with van der Waals surface area (Å²) >= 11 is 0. The van der Waals surface area contributed by atoms with E-state index < -0.39 is 0 Å². The predicted octanol–water partition coefficient (Wildman–Crippen LogP) is 2.20. The molecule has 0 fully saturated rings. The van der Waals surface area contributed by atoms with Gasteiger partial charge in [0.2, 0.25) is 0 Å². The third-order valence-electron chi connectivity index (χ3n) is 1.33. The summed E-state index contributed by atoms with van der Waals surface area (Å²) in [6, 6.07) is 0. The highest BCUT2D eigenvalue weighted by Gasteiger charge is 1.93. The molecule has 0 spiro atoms. The molecule has 0 bridgehead atoms. The van der Waals surface area contributed by atoms with E-state index in [9.17, 15) is 0 Å². The number of hydrogen-bond donors (Lipinski definition) is 0. The van der Waals surface area contributed by atoms with E-state index in [2.05, 4.69) is 28.0 Å². The zero-order valence-corrected chi connectivity index (χ0v) is 5.57. The summed E-state index contributed by atoms with van der Waals surface area (Å²) < 4.78 is 0. The van der Waals surface area contributed by atoms with Gasteiger partial charge in [-0.3, -0.25) is 0 Å². The van der Waals surface area contributed by atoms with Crippen molar-refractivity contribution < 1.29 is 0 Å². The molecular formula is C6H14B. The molecule has 0 aliphatic carbocycles. The normalized spacial score (nSPS) is 13.6. The van der Waals surface area contributed by atoms with Gasteiger partial charge in [-0.15, -0.1) is 0 Å². The molecule has 1 heteroatoms. The van der Waals surface area contributed by atoms with Gasteiger partial charge >= 0.3 is 0 Å². The fraction of sp³-hybridized carbons (Fsp3) is 1.00. The molecule has 0 aromatic heterocycles. The Morgan fingerprint density at radius 1 is 1.57 bits per heavy atom. The van der Waals surface area contributed by atoms with E-state index >= 15 is 0 Å². The van der Waals surface area contributed by atoms with Crippen molar-refractivity contribution in [2.45, 2.75) is 33.4 Å². The number of rotatable bonds is 3. The maximum Gasteiger partial charge on any atom is 0.106 e. The van der Waals surface area contributed by atoms with Gasteiger partial charge in [0.1, 0.15) is 7.28 Å². The van der Waals surface area contributed by atoms with Crippen LogP contribution in [0.25, 0.3) is 0 Å². The zero-order chi connectivity index (χ0) is 5.70. The summed E-state index contributed by atoms with van der Waals surface area (Å²) in [5.41, 5.74) is 0. The minimum atomic E-state index is 0.894. The van der Waals surface area contributed by atoms with Crippen LogP contribution < -0.4 is 0 Å². The van der Waals surface area contributed by atoms with Crippen LogP contribution in [0.5, 0.6) is 0 Å². The largest absolute Gasteiger partial charge is 0.106 e. The van der Waals surface area contributed by atoms with E-state index in [1.807, 2.05) is 0 Å². The van der Waals surface area contributed by atoms with Gasteiger partial charge in [0, 0.05) is 0 Å². The van der Waals surface area contributed by atoms with Crippen LogP contribution in [-0.4, -0.2) is 7.28 Å². The minimum absolute atomic E-state index is 0.894. The lowest BCUT2D eigenvalue weighted by molar-refractivity contribution is 0.623. The SMILES string of the molecule is C[B]CC(C)CC. The highest BCUT2D eigenvalue weighted by atomic mass is 13.9. The van der Waals surface area contributed by atoms with Gasteiger partial charge in [0.15, 0.2) is 0 Å². The fourth-order valence-electron chi connectivity index (χ4n) is 0.569. The molecule has 0 saturated heterocycles. The van der Waals surface area contributed by atoms with Crippen molar-refractivity contribution in [3.05, 3.63) is 0 Å². The Hall–Kier alpha value is 0.0649. The highest BCUT2D eigenvalue weighted by Crippen LogP contribution is 2.04. The van der Waals surface area contributed by atoms with E-state index in [1.165, 1.54) is 12.7 Å². The van der Waals surface area contributed by atoms with Crippen molar-refractivity contribution in [2.24, 2.45) is 5.92 Å². The van der Waals surface area contributed by atoms with Crippen LogP contribution in [0, 0.1) is 5.92 Å². The van der Waals surface area contributed by atoms with Crippen LogP contribution in [0.15, 0.2) is 0 Å². The lowest BCUT2D eigenvalue weighted by Gasteiger charge is -2.01. The Balaban J connectivity index is 2.83. The molecule has 0 heterocycles. The van der Waals surface area contributed by atoms with E-state index in [0.29, 0.717) is 0 Å². The average molecular weight is 97.0 g/mol. The van der Waals surface area contributed by atoms with E-state index in [-0.39, 0.29) is 0 Å². The lowest BCUT2D eigenvalue weighted by Crippen LogP contribution is -1.93. The Labute approximate surface area is 47.6 Å². The zero-order valence-electron chi connectivity index (χ0n) is 5.57. The van der Waals surface area contributed by atoms with Gasteiger partial charge in [-0.1, -0.05) is 39.3 Å². The van der Waals surface area contributed by atoms with E-state index in [4.69, 9.17) is 0 Å². The van der Waals surface area contributed by atoms with Gasteiger partial charge in [0.25, 0.3) is 0 Å². The molecule has 7 heavy (non-hydrogen) atoms. The van der Waals surface area contributed by atoms with Crippen LogP contribution in [0.3, 0.4) is 0 Å². The van der Waals surface area contributed by atoms with Crippen LogP contribution in [-0.2, 0) is 0 Å². The number of hydrogen-bond acceptors (Lipinski definition) is 0. The third kappa shape index (κ3) is 3.91. The second-order valence-electron chi connectivity index (χ2n) is 2.16. The van der Waals surface area contributed by atoms with Crippen molar-refractivity contribution in [2.75, 3.05) is 0 Å². The molecule has 0 aromatic rings. The van der Waals surface area contributed by atoms with Crippen molar-refractivity contribution in [3.8, 4) is 0 Å². The van der Waals surface area contributed by atoms with Crippen LogP contribution >= 0.6 is 0 Å². The smallest absolute Gasteiger partial charge is 0.0920 e. The summed E-state index contributed by atoms with van der Waals surface area (Å²) in [6.45, 7) is 6.63. The van der Waals surface area contributed by atoms with Gasteiger partial charge in [-0.2, -0.15) is 0 Å². The first-order valence-electron chi connectivity index (χ1n) is 3.09. The summed E-state index contributed by atoms with van der Waals surface area (Å²) in [5.74, 6) is 0.894. The van der Waals surface area contributed by atoms with Crippen molar-refractivity contribution in [3.63, 3.8) is 0 Å². The first-order chi connectivity index (χ1) is 3.31. The minimum Gasteiger partial charge on any atom is -0.0920 e. The van der Waals surface area contributed by atoms with Crippen LogP contribution in [0.1, 0.15) is 20.3 Å². The van der Waals surface area contributed by atoms with E-state index in [1.54, 1.807) is 0 Å². The molecule has 1 unspecified atom stereocenters. The average Bonchev–Trinajstić information content (AvgIpc) is 1.68. The van der Waals surface area contributed by atoms with Gasteiger partial charge in [0.05, 0.1) is 0 Å². The first-order valence-corrected chi connectivity index (χ1v) is 3.09. The van der Waals surface area contributed by atoms with E-state index in [0.717, 1.165) is 5.92 Å². The molecule has 0 rings (SSSR count). The molecule has 0 aliphatic rings. The Morgan fingerprint density at radius 3 is 2.29 bits per heavy atom. The molecular weight excluding hydrogens is 82.9 g/mol. The quantitative estimate of drug-likeness (QED) is 0.473. The summed E-state index contributed by atoms with van der Waals surface area (Å²) in [7, 11) is 2.23. The highest BCUT2D eigenvalue weighted by molar-refractivity contribution is 6.33. The van der Waals surface area contributed by atoms with Gasteiger partial charge in [-0.05, 0) is 0 Å². The summed E-state index contributed by atoms with van der Waals surface area (Å²) in [4.78, 5) is 0. The molecule has 41 valence electrons. The summed E-state index contributed by atoms with van der Waals surface area (Å²) in [6.07, 6.45) is 2.58. The molecule has 0 aromatic carbocycles. The molecule has 0 saturated carbocycles. The molecule has 0 aliphatic heterocycles. The molecule has 0 N–H and O–H groups in total.